The first kappa shape index (κ1) is 14.0. The molecule has 15 heavy (non-hydrogen) atoms. The zero-order chi connectivity index (χ0) is 12.0. The monoisotopic (exact) mass is 274 g/mol. The largest absolute Gasteiger partial charge is 0.507 e. The van der Waals surface area contributed by atoms with Crippen molar-refractivity contribution in [3.8, 4) is 5.75 Å². The summed E-state index contributed by atoms with van der Waals surface area (Å²) in [6.45, 7) is 5.71. The van der Waals surface area contributed by atoms with Crippen molar-refractivity contribution in [1.29, 1.82) is 0 Å². The summed E-state index contributed by atoms with van der Waals surface area (Å²) in [5.74, 6) is -0.572. The van der Waals surface area contributed by atoms with Crippen LogP contribution in [0, 0.1) is 6.92 Å². The molecule has 0 atom stereocenters. The molecule has 3 nitrogen and oxygen atoms in total. The third kappa shape index (κ3) is 3.55. The standard InChI is InChI=1S/C9H9BrO3.C2H6/c1-5-3-6(10)4-7(8(5)11)9(12)13-2;1-2/h3-4,11H,1-2H3;1-2H3. The molecule has 1 aromatic carbocycles. The molecule has 84 valence electrons. The van der Waals surface area contributed by atoms with Crippen LogP contribution in [-0.4, -0.2) is 18.2 Å². The third-order valence-corrected chi connectivity index (χ3v) is 2.13. The number of rotatable bonds is 1. The van der Waals surface area contributed by atoms with Gasteiger partial charge in [0.2, 0.25) is 0 Å². The number of esters is 1. The molecule has 4 heteroatoms. The van der Waals surface area contributed by atoms with Crippen LogP contribution >= 0.6 is 15.9 Å². The van der Waals surface area contributed by atoms with E-state index in [1.54, 1.807) is 13.0 Å². The second-order valence-corrected chi connectivity index (χ2v) is 3.53. The second-order valence-electron chi connectivity index (χ2n) is 2.61. The van der Waals surface area contributed by atoms with Crippen molar-refractivity contribution in [2.24, 2.45) is 0 Å². The van der Waals surface area contributed by atoms with Gasteiger partial charge in [-0.1, -0.05) is 29.8 Å². The first-order valence-electron chi connectivity index (χ1n) is 4.63. The molecule has 0 unspecified atom stereocenters. The zero-order valence-electron chi connectivity index (χ0n) is 9.30. The lowest BCUT2D eigenvalue weighted by atomic mass is 10.1. The Labute approximate surface area is 98.2 Å². The van der Waals surface area contributed by atoms with E-state index in [0.29, 0.717) is 5.56 Å². The van der Waals surface area contributed by atoms with Gasteiger partial charge in [-0.05, 0) is 24.6 Å². The van der Waals surface area contributed by atoms with Gasteiger partial charge in [-0.3, -0.25) is 0 Å². The molecule has 0 spiro atoms. The summed E-state index contributed by atoms with van der Waals surface area (Å²) < 4.78 is 5.25. The van der Waals surface area contributed by atoms with Gasteiger partial charge in [0.15, 0.2) is 0 Å². The number of phenolic OH excluding ortho intramolecular Hbond substituents is 1. The van der Waals surface area contributed by atoms with Crippen LogP contribution < -0.4 is 0 Å². The average Bonchev–Trinajstić information content (AvgIpc) is 2.25. The number of hydrogen-bond acceptors (Lipinski definition) is 3. The first-order valence-corrected chi connectivity index (χ1v) is 5.43. The number of phenols is 1. The van der Waals surface area contributed by atoms with E-state index in [2.05, 4.69) is 20.7 Å². The fraction of sp³-hybridized carbons (Fsp3) is 0.364. The van der Waals surface area contributed by atoms with Crippen LogP contribution in [0.2, 0.25) is 0 Å². The molecule has 1 aromatic rings. The van der Waals surface area contributed by atoms with Crippen LogP contribution in [0.25, 0.3) is 0 Å². The van der Waals surface area contributed by atoms with Crippen LogP contribution in [0.3, 0.4) is 0 Å². The molecule has 0 aliphatic rings. The number of benzene rings is 1. The number of carbonyl (C=O) groups excluding carboxylic acids is 1. The van der Waals surface area contributed by atoms with Gasteiger partial charge >= 0.3 is 5.97 Å². The Morgan fingerprint density at radius 2 is 1.93 bits per heavy atom. The Hall–Kier alpha value is -1.03. The van der Waals surface area contributed by atoms with E-state index < -0.39 is 5.97 Å². The van der Waals surface area contributed by atoms with Crippen LogP contribution in [0.1, 0.15) is 29.8 Å². The van der Waals surface area contributed by atoms with Gasteiger partial charge in [0.1, 0.15) is 11.3 Å². The normalized spacial score (nSPS) is 8.87. The molecular weight excluding hydrogens is 260 g/mol. The van der Waals surface area contributed by atoms with E-state index in [4.69, 9.17) is 0 Å². The lowest BCUT2D eigenvalue weighted by molar-refractivity contribution is 0.0597. The van der Waals surface area contributed by atoms with E-state index in [1.165, 1.54) is 13.2 Å². The number of carbonyl (C=O) groups is 1. The maximum atomic E-state index is 11.1. The molecule has 0 fully saturated rings. The molecule has 0 amide bonds. The number of aryl methyl sites for hydroxylation is 1. The number of methoxy groups -OCH3 is 1. The van der Waals surface area contributed by atoms with Crippen molar-refractivity contribution in [2.45, 2.75) is 20.8 Å². The molecule has 0 saturated heterocycles. The summed E-state index contributed by atoms with van der Waals surface area (Å²) in [6.07, 6.45) is 0. The maximum Gasteiger partial charge on any atom is 0.341 e. The van der Waals surface area contributed by atoms with Crippen molar-refractivity contribution in [3.63, 3.8) is 0 Å². The topological polar surface area (TPSA) is 46.5 Å². The minimum absolute atomic E-state index is 0.0324. The Morgan fingerprint density at radius 3 is 2.40 bits per heavy atom. The van der Waals surface area contributed by atoms with E-state index in [9.17, 15) is 9.90 Å². The fourth-order valence-corrected chi connectivity index (χ4v) is 1.57. The molecule has 0 heterocycles. The van der Waals surface area contributed by atoms with Crippen LogP contribution in [0.15, 0.2) is 16.6 Å². The van der Waals surface area contributed by atoms with Gasteiger partial charge in [-0.15, -0.1) is 0 Å². The van der Waals surface area contributed by atoms with E-state index in [0.717, 1.165) is 4.47 Å². The Morgan fingerprint density at radius 1 is 1.40 bits per heavy atom. The molecule has 0 bridgehead atoms. The quantitative estimate of drug-likeness (QED) is 0.800. The zero-order valence-corrected chi connectivity index (χ0v) is 10.9. The van der Waals surface area contributed by atoms with Crippen molar-refractivity contribution >= 4 is 21.9 Å². The molecule has 0 aliphatic heterocycles. The summed E-state index contributed by atoms with van der Waals surface area (Å²) in [7, 11) is 1.28. The minimum Gasteiger partial charge on any atom is -0.507 e. The smallest absolute Gasteiger partial charge is 0.341 e. The Bertz CT molecular complexity index is 348. The van der Waals surface area contributed by atoms with Gasteiger partial charge in [0, 0.05) is 4.47 Å². The van der Waals surface area contributed by atoms with E-state index in [1.807, 2.05) is 13.8 Å². The van der Waals surface area contributed by atoms with Gasteiger partial charge in [-0.2, -0.15) is 0 Å². The summed E-state index contributed by atoms with van der Waals surface area (Å²) in [5.41, 5.74) is 0.809. The molecular formula is C11H15BrO3. The number of hydrogen-bond donors (Lipinski definition) is 1. The van der Waals surface area contributed by atoms with Crippen molar-refractivity contribution in [1.82, 2.24) is 0 Å². The number of halogens is 1. The SMILES string of the molecule is CC.COC(=O)c1cc(Br)cc(C)c1O. The molecule has 0 saturated carbocycles. The summed E-state index contributed by atoms with van der Waals surface area (Å²) in [6, 6.07) is 3.25. The highest BCUT2D eigenvalue weighted by Crippen LogP contribution is 2.26. The predicted molar refractivity (Wildman–Crippen MR) is 63.2 cm³/mol. The Kier molecular flexibility index (Phi) is 6.01. The summed E-state index contributed by atoms with van der Waals surface area (Å²) in [5, 5.41) is 9.50. The summed E-state index contributed by atoms with van der Waals surface area (Å²) in [4.78, 5) is 11.1. The van der Waals surface area contributed by atoms with Crippen LogP contribution in [0.4, 0.5) is 0 Å². The molecule has 0 radical (unpaired) electrons. The van der Waals surface area contributed by atoms with Gasteiger partial charge in [0.05, 0.1) is 7.11 Å². The van der Waals surface area contributed by atoms with Crippen LogP contribution in [0.5, 0.6) is 5.75 Å². The highest BCUT2D eigenvalue weighted by atomic mass is 79.9. The highest BCUT2D eigenvalue weighted by molar-refractivity contribution is 9.10. The molecule has 1 rings (SSSR count). The first-order chi connectivity index (χ1) is 7.06. The van der Waals surface area contributed by atoms with Crippen molar-refractivity contribution in [3.05, 3.63) is 27.7 Å². The van der Waals surface area contributed by atoms with Crippen molar-refractivity contribution in [2.75, 3.05) is 7.11 Å². The van der Waals surface area contributed by atoms with Gasteiger partial charge in [-0.25, -0.2) is 4.79 Å². The average molecular weight is 275 g/mol. The van der Waals surface area contributed by atoms with Gasteiger partial charge in [0.25, 0.3) is 0 Å². The lowest BCUT2D eigenvalue weighted by Crippen LogP contribution is -2.02. The number of aromatic hydroxyl groups is 1. The molecule has 0 aromatic heterocycles. The van der Waals surface area contributed by atoms with Crippen LogP contribution in [-0.2, 0) is 4.74 Å². The second kappa shape index (κ2) is 6.45. The number of ether oxygens (including phenoxy) is 1. The molecule has 0 aliphatic carbocycles. The highest BCUT2D eigenvalue weighted by Gasteiger charge is 2.13. The third-order valence-electron chi connectivity index (χ3n) is 1.67. The van der Waals surface area contributed by atoms with Gasteiger partial charge < -0.3 is 9.84 Å². The minimum atomic E-state index is -0.540. The molecule has 1 N–H and O–H groups in total. The predicted octanol–water partition coefficient (Wildman–Crippen LogP) is 3.28. The summed E-state index contributed by atoms with van der Waals surface area (Å²) >= 11 is 3.23. The maximum absolute atomic E-state index is 11.1. The lowest BCUT2D eigenvalue weighted by Gasteiger charge is -2.05. The van der Waals surface area contributed by atoms with Crippen molar-refractivity contribution < 1.29 is 14.6 Å². The van der Waals surface area contributed by atoms with E-state index in [-0.39, 0.29) is 11.3 Å². The fourth-order valence-electron chi connectivity index (χ4n) is 1.00. The Balaban J connectivity index is 0.000000921. The van der Waals surface area contributed by atoms with E-state index >= 15 is 0 Å².